The van der Waals surface area contributed by atoms with Gasteiger partial charge in [0.25, 0.3) is 0 Å². The second-order valence-electron chi connectivity index (χ2n) is 5.73. The Hall–Kier alpha value is -2.13. The number of hydrogen-bond acceptors (Lipinski definition) is 12. The molecule has 0 fully saturated rings. The lowest BCUT2D eigenvalue weighted by Gasteiger charge is -2.15. The fourth-order valence-corrected chi connectivity index (χ4v) is 1.82. The van der Waals surface area contributed by atoms with Gasteiger partial charge in [0.2, 0.25) is 0 Å². The summed E-state index contributed by atoms with van der Waals surface area (Å²) in [4.78, 5) is 87.4. The van der Waals surface area contributed by atoms with E-state index in [1.54, 1.807) is 20.8 Å². The summed E-state index contributed by atoms with van der Waals surface area (Å²) < 4.78 is -0.577. The van der Waals surface area contributed by atoms with Crippen LogP contribution in [-0.4, -0.2) is 47.8 Å². The third kappa shape index (κ3) is 5.95. The Morgan fingerprint density at radius 1 is 0.633 bits per heavy atom. The van der Waals surface area contributed by atoms with Crippen LogP contribution in [0.5, 0.6) is 0 Å². The maximum Gasteiger partial charge on any atom is 0.405 e. The van der Waals surface area contributed by atoms with Crippen LogP contribution in [0.3, 0.4) is 0 Å². The van der Waals surface area contributed by atoms with E-state index in [-0.39, 0.29) is 33.5 Å². The van der Waals surface area contributed by atoms with E-state index in [2.05, 4.69) is 52.4 Å². The summed E-state index contributed by atoms with van der Waals surface area (Å²) in [5, 5.41) is -3.04. The molecule has 3 atom stereocenters. The zero-order valence-corrected chi connectivity index (χ0v) is 18.9. The molecule has 0 amide bonds. The zero-order valence-electron chi connectivity index (χ0n) is 16.2. The van der Waals surface area contributed by atoms with Crippen molar-refractivity contribution in [3.63, 3.8) is 0 Å². The summed E-state index contributed by atoms with van der Waals surface area (Å²) in [5.41, 5.74) is -4.86. The van der Waals surface area contributed by atoms with Gasteiger partial charge < -0.3 is 14.5 Å². The smallest absolute Gasteiger partial charge is 0.326 e. The Balaban J connectivity index is 3.64. The van der Waals surface area contributed by atoms with Crippen LogP contribution in [0.4, 0.5) is 0 Å². The van der Waals surface area contributed by atoms with Crippen molar-refractivity contribution in [1.82, 2.24) is 14.2 Å². The van der Waals surface area contributed by atoms with Crippen LogP contribution in [0.1, 0.15) is 40.0 Å². The molecule has 0 aromatic carbocycles. The molecule has 1 rings (SSSR count). The number of aromatic nitrogens is 3. The molecule has 0 saturated carbocycles. The number of thiol groups is 3. The largest absolute Gasteiger partial charge is 0.405 e. The fraction of sp³-hybridized carbons (Fsp3) is 0.600. The molecule has 30 heavy (non-hydrogen) atoms. The standard InChI is InChI=1S/C15H21N3O9S3/c1-4-7(28)10(19)25-16-13(22)17(26-11(20)8(29)5-2)15(24)18(14(16)23)27-12(21)9(30)6-3/h7-9,28-30H,4-6H2,1-3H3. The monoisotopic (exact) mass is 483 g/mol. The van der Waals surface area contributed by atoms with E-state index in [0.29, 0.717) is 0 Å². The molecular formula is C15H21N3O9S3. The zero-order chi connectivity index (χ0) is 23.2. The van der Waals surface area contributed by atoms with Crippen molar-refractivity contribution in [2.24, 2.45) is 0 Å². The number of rotatable bonds is 9. The van der Waals surface area contributed by atoms with Crippen molar-refractivity contribution >= 4 is 55.8 Å². The summed E-state index contributed by atoms with van der Waals surface area (Å²) in [6.45, 7) is 4.75. The van der Waals surface area contributed by atoms with Crippen molar-refractivity contribution in [2.75, 3.05) is 0 Å². The van der Waals surface area contributed by atoms with Crippen LogP contribution in [0, 0.1) is 0 Å². The number of nitrogens with zero attached hydrogens (tertiary/aromatic N) is 3. The van der Waals surface area contributed by atoms with Gasteiger partial charge in [-0.15, -0.1) is 0 Å². The maximum atomic E-state index is 12.5. The Bertz CT molecular complexity index is 830. The highest BCUT2D eigenvalue weighted by atomic mass is 32.1. The molecule has 1 aromatic rings. The molecule has 0 saturated heterocycles. The first-order valence-electron chi connectivity index (χ1n) is 8.71. The van der Waals surface area contributed by atoms with Crippen LogP contribution < -0.4 is 31.6 Å². The molecule has 1 aromatic heterocycles. The highest BCUT2D eigenvalue weighted by molar-refractivity contribution is 7.82. The summed E-state index contributed by atoms with van der Waals surface area (Å²) in [7, 11) is 0. The first-order chi connectivity index (χ1) is 14.0. The maximum absolute atomic E-state index is 12.5. The van der Waals surface area contributed by atoms with Crippen molar-refractivity contribution in [3.8, 4) is 0 Å². The molecule has 168 valence electrons. The van der Waals surface area contributed by atoms with Gasteiger partial charge in [0.1, 0.15) is 15.7 Å². The predicted octanol–water partition coefficient (Wildman–Crippen LogP) is -1.84. The minimum atomic E-state index is -1.62. The number of carbonyl (C=O) groups excluding carboxylic acids is 3. The quantitative estimate of drug-likeness (QED) is 0.345. The van der Waals surface area contributed by atoms with Gasteiger partial charge in [0.15, 0.2) is 0 Å². The van der Waals surface area contributed by atoms with Gasteiger partial charge in [-0.1, -0.05) is 35.0 Å². The SMILES string of the molecule is CCC(S)C(=O)On1c(=O)n(OC(=O)C(S)CC)c(=O)n(OC(=O)C(S)CC)c1=O. The van der Waals surface area contributed by atoms with Crippen LogP contribution >= 0.6 is 37.9 Å². The molecule has 0 aliphatic rings. The lowest BCUT2D eigenvalue weighted by molar-refractivity contribution is -0.152. The van der Waals surface area contributed by atoms with Gasteiger partial charge in [-0.25, -0.2) is 28.8 Å². The lowest BCUT2D eigenvalue weighted by Crippen LogP contribution is -2.62. The van der Waals surface area contributed by atoms with E-state index < -0.39 is 50.7 Å². The summed E-state index contributed by atoms with van der Waals surface area (Å²) in [6.07, 6.45) is 0.554. The lowest BCUT2D eigenvalue weighted by atomic mass is 10.3. The first-order valence-corrected chi connectivity index (χ1v) is 10.3. The summed E-state index contributed by atoms with van der Waals surface area (Å²) in [6, 6.07) is 0. The van der Waals surface area contributed by atoms with E-state index in [4.69, 9.17) is 0 Å². The second kappa shape index (κ2) is 11.3. The van der Waals surface area contributed by atoms with E-state index in [0.717, 1.165) is 0 Å². The Morgan fingerprint density at radius 2 is 0.833 bits per heavy atom. The summed E-state index contributed by atoms with van der Waals surface area (Å²) in [5.74, 6) is -3.35. The molecule has 12 nitrogen and oxygen atoms in total. The highest BCUT2D eigenvalue weighted by Gasteiger charge is 2.27. The van der Waals surface area contributed by atoms with Crippen LogP contribution in [0.25, 0.3) is 0 Å². The average Bonchev–Trinajstić information content (AvgIpc) is 2.74. The van der Waals surface area contributed by atoms with Gasteiger partial charge in [0.05, 0.1) is 0 Å². The molecule has 0 bridgehead atoms. The van der Waals surface area contributed by atoms with Gasteiger partial charge in [0, 0.05) is 0 Å². The van der Waals surface area contributed by atoms with E-state index in [1.807, 2.05) is 0 Å². The van der Waals surface area contributed by atoms with Gasteiger partial charge >= 0.3 is 35.0 Å². The normalized spacial score (nSPS) is 13.8. The molecule has 0 aliphatic carbocycles. The highest BCUT2D eigenvalue weighted by Crippen LogP contribution is 2.02. The summed E-state index contributed by atoms with van der Waals surface area (Å²) >= 11 is 11.8. The van der Waals surface area contributed by atoms with Crippen LogP contribution in [-0.2, 0) is 14.4 Å². The fourth-order valence-electron chi connectivity index (χ4n) is 1.68. The third-order valence-electron chi connectivity index (χ3n) is 3.56. The number of hydrogen-bond donors (Lipinski definition) is 3. The molecular weight excluding hydrogens is 462 g/mol. The molecule has 0 radical (unpaired) electrons. The topological polar surface area (TPSA) is 145 Å². The third-order valence-corrected chi connectivity index (χ3v) is 5.29. The average molecular weight is 484 g/mol. The molecule has 15 heteroatoms. The van der Waals surface area contributed by atoms with E-state index in [9.17, 15) is 28.8 Å². The Kier molecular flexibility index (Phi) is 9.77. The van der Waals surface area contributed by atoms with Crippen molar-refractivity contribution in [2.45, 2.75) is 55.8 Å². The van der Waals surface area contributed by atoms with Gasteiger partial charge in [-0.3, -0.25) is 0 Å². The van der Waals surface area contributed by atoms with Crippen molar-refractivity contribution in [3.05, 3.63) is 31.5 Å². The van der Waals surface area contributed by atoms with Gasteiger partial charge in [-0.2, -0.15) is 37.9 Å². The van der Waals surface area contributed by atoms with E-state index >= 15 is 0 Å². The van der Waals surface area contributed by atoms with E-state index in [1.165, 1.54) is 0 Å². The minimum absolute atomic E-state index is 0.185. The van der Waals surface area contributed by atoms with Crippen LogP contribution in [0.15, 0.2) is 14.4 Å². The molecule has 3 unspecified atom stereocenters. The Morgan fingerprint density at radius 3 is 1.00 bits per heavy atom. The predicted molar refractivity (Wildman–Crippen MR) is 113 cm³/mol. The van der Waals surface area contributed by atoms with Gasteiger partial charge in [-0.05, 0) is 19.3 Å². The van der Waals surface area contributed by atoms with Crippen LogP contribution in [0.2, 0.25) is 0 Å². The number of carbonyl (C=O) groups is 3. The minimum Gasteiger partial charge on any atom is -0.326 e. The Labute approximate surface area is 186 Å². The van der Waals surface area contributed by atoms with Crippen molar-refractivity contribution in [1.29, 1.82) is 0 Å². The molecule has 1 heterocycles. The first kappa shape index (κ1) is 25.9. The molecule has 0 aliphatic heterocycles. The van der Waals surface area contributed by atoms with Crippen molar-refractivity contribution < 1.29 is 28.9 Å². The molecule has 0 spiro atoms. The second-order valence-corrected chi connectivity index (χ2v) is 7.60. The molecule has 0 N–H and O–H groups in total.